The lowest BCUT2D eigenvalue weighted by atomic mass is 10.2. The molecule has 3 aromatic rings. The van der Waals surface area contributed by atoms with E-state index in [1.807, 2.05) is 36.4 Å². The maximum atomic E-state index is 12.7. The molecule has 3 heterocycles. The number of thiophene rings is 1. The standard InChI is InChI=1S/C19H18Cl2N4OS/c20-17-7-6-15(27-17)13-23-8-10-24(11-9-23)16-12-22-25(19(26)18(16)21)14-4-2-1-3-5-14/h1-7,12H,8-11,13H2. The Bertz CT molecular complexity index is 981. The molecule has 0 bridgehead atoms. The summed E-state index contributed by atoms with van der Waals surface area (Å²) in [6, 6.07) is 13.3. The number of halogens is 2. The van der Waals surface area contributed by atoms with Gasteiger partial charge < -0.3 is 4.90 Å². The van der Waals surface area contributed by atoms with Gasteiger partial charge in [0.2, 0.25) is 0 Å². The molecule has 0 radical (unpaired) electrons. The van der Waals surface area contributed by atoms with Crippen LogP contribution in [0.3, 0.4) is 0 Å². The average molecular weight is 421 g/mol. The van der Waals surface area contributed by atoms with Crippen molar-refractivity contribution < 1.29 is 0 Å². The topological polar surface area (TPSA) is 41.4 Å². The van der Waals surface area contributed by atoms with Gasteiger partial charge in [-0.1, -0.05) is 41.4 Å². The Hall–Kier alpha value is -1.86. The number of anilines is 1. The fourth-order valence-corrected chi connectivity index (χ4v) is 4.58. The molecule has 0 atom stereocenters. The van der Waals surface area contributed by atoms with Crippen molar-refractivity contribution in [1.82, 2.24) is 14.7 Å². The zero-order valence-electron chi connectivity index (χ0n) is 14.5. The van der Waals surface area contributed by atoms with Gasteiger partial charge in [-0.15, -0.1) is 11.3 Å². The second-order valence-corrected chi connectivity index (χ2v) is 8.54. The van der Waals surface area contributed by atoms with Crippen molar-refractivity contribution in [2.45, 2.75) is 6.54 Å². The molecule has 0 aliphatic carbocycles. The summed E-state index contributed by atoms with van der Waals surface area (Å²) < 4.78 is 2.16. The molecule has 8 heteroatoms. The molecular formula is C19H18Cl2N4OS. The second kappa shape index (κ2) is 8.02. The molecule has 1 aliphatic heterocycles. The molecule has 0 unspecified atom stereocenters. The molecule has 1 aliphatic rings. The van der Waals surface area contributed by atoms with E-state index in [-0.39, 0.29) is 10.6 Å². The summed E-state index contributed by atoms with van der Waals surface area (Å²) in [4.78, 5) is 18.4. The van der Waals surface area contributed by atoms with Gasteiger partial charge >= 0.3 is 0 Å². The van der Waals surface area contributed by atoms with Crippen LogP contribution in [0.1, 0.15) is 4.88 Å². The maximum Gasteiger partial charge on any atom is 0.292 e. The molecule has 140 valence electrons. The number of hydrogen-bond donors (Lipinski definition) is 0. The van der Waals surface area contributed by atoms with E-state index in [9.17, 15) is 4.79 Å². The third kappa shape index (κ3) is 4.04. The van der Waals surface area contributed by atoms with Crippen molar-refractivity contribution in [2.75, 3.05) is 31.1 Å². The third-order valence-electron chi connectivity index (χ3n) is 4.62. The molecule has 0 saturated carbocycles. The summed E-state index contributed by atoms with van der Waals surface area (Å²) in [6.07, 6.45) is 1.69. The second-order valence-electron chi connectivity index (χ2n) is 6.37. The van der Waals surface area contributed by atoms with Gasteiger partial charge in [0.15, 0.2) is 0 Å². The fourth-order valence-electron chi connectivity index (χ4n) is 3.20. The largest absolute Gasteiger partial charge is 0.366 e. The molecule has 4 rings (SSSR count). The quantitative estimate of drug-likeness (QED) is 0.641. The summed E-state index contributed by atoms with van der Waals surface area (Å²) in [5, 5.41) is 4.54. The highest BCUT2D eigenvalue weighted by Gasteiger charge is 2.22. The molecular weight excluding hydrogens is 403 g/mol. The van der Waals surface area contributed by atoms with Crippen LogP contribution in [0.5, 0.6) is 0 Å². The van der Waals surface area contributed by atoms with Crippen LogP contribution in [0.25, 0.3) is 5.69 Å². The van der Waals surface area contributed by atoms with E-state index in [0.29, 0.717) is 11.4 Å². The molecule has 2 aromatic heterocycles. The minimum absolute atomic E-state index is 0.215. The van der Waals surface area contributed by atoms with Gasteiger partial charge in [-0.2, -0.15) is 9.78 Å². The van der Waals surface area contributed by atoms with Crippen molar-refractivity contribution in [3.05, 3.63) is 73.3 Å². The first kappa shape index (κ1) is 18.5. The third-order valence-corrected chi connectivity index (χ3v) is 6.19. The van der Waals surface area contributed by atoms with E-state index in [1.54, 1.807) is 17.5 Å². The first-order chi connectivity index (χ1) is 13.1. The SMILES string of the molecule is O=c1c(Cl)c(N2CCN(Cc3ccc(Cl)s3)CC2)cnn1-c1ccccc1. The molecule has 27 heavy (non-hydrogen) atoms. The normalized spacial score (nSPS) is 15.3. The Morgan fingerprint density at radius 1 is 1.00 bits per heavy atom. The van der Waals surface area contributed by atoms with Crippen LogP contribution in [0, 0.1) is 0 Å². The minimum atomic E-state index is -0.295. The molecule has 0 spiro atoms. The van der Waals surface area contributed by atoms with Crippen molar-refractivity contribution in [3.8, 4) is 5.69 Å². The van der Waals surface area contributed by atoms with Crippen LogP contribution >= 0.6 is 34.5 Å². The average Bonchev–Trinajstić information content (AvgIpc) is 3.10. The summed E-state index contributed by atoms with van der Waals surface area (Å²) in [6.45, 7) is 4.29. The zero-order valence-corrected chi connectivity index (χ0v) is 16.8. The first-order valence-electron chi connectivity index (χ1n) is 8.66. The van der Waals surface area contributed by atoms with Crippen molar-refractivity contribution in [2.24, 2.45) is 0 Å². The summed E-state index contributed by atoms with van der Waals surface area (Å²) >= 11 is 14.0. The predicted molar refractivity (Wildman–Crippen MR) is 112 cm³/mol. The molecule has 0 N–H and O–H groups in total. The molecule has 1 saturated heterocycles. The lowest BCUT2D eigenvalue weighted by molar-refractivity contribution is 0.252. The lowest BCUT2D eigenvalue weighted by Crippen LogP contribution is -2.46. The van der Waals surface area contributed by atoms with Gasteiger partial charge in [0.1, 0.15) is 5.02 Å². The minimum Gasteiger partial charge on any atom is -0.366 e. The molecule has 5 nitrogen and oxygen atoms in total. The van der Waals surface area contributed by atoms with Crippen LogP contribution in [-0.4, -0.2) is 40.9 Å². The smallest absolute Gasteiger partial charge is 0.292 e. The predicted octanol–water partition coefficient (Wildman–Crippen LogP) is 3.92. The summed E-state index contributed by atoms with van der Waals surface area (Å²) in [5.41, 5.74) is 1.11. The van der Waals surface area contributed by atoms with E-state index in [1.165, 1.54) is 9.56 Å². The van der Waals surface area contributed by atoms with Crippen LogP contribution in [-0.2, 0) is 6.54 Å². The van der Waals surface area contributed by atoms with Gasteiger partial charge in [-0.3, -0.25) is 9.69 Å². The van der Waals surface area contributed by atoms with E-state index in [4.69, 9.17) is 23.2 Å². The van der Waals surface area contributed by atoms with Gasteiger partial charge in [0, 0.05) is 37.6 Å². The van der Waals surface area contributed by atoms with Crippen LogP contribution < -0.4 is 10.5 Å². The van der Waals surface area contributed by atoms with E-state index < -0.39 is 0 Å². The molecule has 0 amide bonds. The van der Waals surface area contributed by atoms with Crippen molar-refractivity contribution >= 4 is 40.2 Å². The van der Waals surface area contributed by atoms with Gasteiger partial charge in [0.25, 0.3) is 5.56 Å². The highest BCUT2D eigenvalue weighted by Crippen LogP contribution is 2.25. The van der Waals surface area contributed by atoms with E-state index in [0.717, 1.165) is 37.1 Å². The highest BCUT2D eigenvalue weighted by molar-refractivity contribution is 7.16. The van der Waals surface area contributed by atoms with Crippen LogP contribution in [0.4, 0.5) is 5.69 Å². The first-order valence-corrected chi connectivity index (χ1v) is 10.2. The van der Waals surface area contributed by atoms with Crippen molar-refractivity contribution in [3.63, 3.8) is 0 Å². The van der Waals surface area contributed by atoms with Gasteiger partial charge in [-0.25, -0.2) is 0 Å². The monoisotopic (exact) mass is 420 g/mol. The molecule has 1 aromatic carbocycles. The van der Waals surface area contributed by atoms with Crippen LogP contribution in [0.15, 0.2) is 53.5 Å². The van der Waals surface area contributed by atoms with Gasteiger partial charge in [0.05, 0.1) is 21.9 Å². The highest BCUT2D eigenvalue weighted by atomic mass is 35.5. The van der Waals surface area contributed by atoms with Gasteiger partial charge in [-0.05, 0) is 24.3 Å². The summed E-state index contributed by atoms with van der Waals surface area (Å²) in [5.74, 6) is 0. The number of piperazine rings is 1. The van der Waals surface area contributed by atoms with E-state index >= 15 is 0 Å². The summed E-state index contributed by atoms with van der Waals surface area (Å²) in [7, 11) is 0. The Morgan fingerprint density at radius 2 is 1.74 bits per heavy atom. The maximum absolute atomic E-state index is 12.7. The number of para-hydroxylation sites is 1. The fraction of sp³-hybridized carbons (Fsp3) is 0.263. The van der Waals surface area contributed by atoms with E-state index in [2.05, 4.69) is 21.0 Å². The number of nitrogens with zero attached hydrogens (tertiary/aromatic N) is 4. The Labute approximate surface area is 171 Å². The number of benzene rings is 1. The Balaban J connectivity index is 1.47. The number of rotatable bonds is 4. The van der Waals surface area contributed by atoms with Crippen molar-refractivity contribution in [1.29, 1.82) is 0 Å². The van der Waals surface area contributed by atoms with Crippen LogP contribution in [0.2, 0.25) is 9.36 Å². The zero-order chi connectivity index (χ0) is 18.8. The number of hydrogen-bond acceptors (Lipinski definition) is 5. The Morgan fingerprint density at radius 3 is 2.41 bits per heavy atom. The molecule has 1 fully saturated rings. The number of aromatic nitrogens is 2. The Kier molecular flexibility index (Phi) is 5.50. The lowest BCUT2D eigenvalue weighted by Gasteiger charge is -2.36.